The van der Waals surface area contributed by atoms with E-state index in [0.717, 1.165) is 10.3 Å². The van der Waals surface area contributed by atoms with Gasteiger partial charge in [0, 0.05) is 22.5 Å². The highest BCUT2D eigenvalue weighted by atomic mass is 35.5. The Morgan fingerprint density at radius 3 is 2.93 bits per heavy atom. The predicted octanol–water partition coefficient (Wildman–Crippen LogP) is 2.80. The molecule has 3 heterocycles. The van der Waals surface area contributed by atoms with Crippen molar-refractivity contribution in [2.24, 2.45) is 0 Å². The molecule has 0 aliphatic carbocycles. The second kappa shape index (κ2) is 7.06. The molecule has 9 nitrogen and oxygen atoms in total. The Kier molecular flexibility index (Phi) is 4.57. The van der Waals surface area contributed by atoms with Crippen molar-refractivity contribution in [3.05, 3.63) is 47.4 Å². The number of nitrogens with one attached hydrogen (secondary N) is 1. The van der Waals surface area contributed by atoms with Crippen LogP contribution in [0.5, 0.6) is 5.75 Å². The number of benzene rings is 1. The van der Waals surface area contributed by atoms with E-state index in [1.54, 1.807) is 18.4 Å². The van der Waals surface area contributed by atoms with Crippen LogP contribution in [0.3, 0.4) is 0 Å². The quantitative estimate of drug-likeness (QED) is 0.451. The van der Waals surface area contributed by atoms with Crippen molar-refractivity contribution in [1.82, 2.24) is 19.9 Å². The number of amides is 1. The van der Waals surface area contributed by atoms with E-state index >= 15 is 0 Å². The van der Waals surface area contributed by atoms with Crippen LogP contribution in [0.15, 0.2) is 51.2 Å². The van der Waals surface area contributed by atoms with Crippen molar-refractivity contribution >= 4 is 51.9 Å². The van der Waals surface area contributed by atoms with Crippen molar-refractivity contribution in [2.45, 2.75) is 9.92 Å². The fourth-order valence-corrected chi connectivity index (χ4v) is 3.80. The lowest BCUT2D eigenvalue weighted by Gasteiger charge is -2.09. The maximum atomic E-state index is 12.3. The molecule has 0 saturated heterocycles. The third-order valence-corrected chi connectivity index (χ3v) is 5.11. The molecule has 4 aromatic rings. The number of rotatable bonds is 5. The molecule has 3 aromatic heterocycles. The monoisotopic (exact) mass is 418 g/mol. The minimum Gasteiger partial charge on any atom is -0.507 e. The highest BCUT2D eigenvalue weighted by molar-refractivity contribution is 7.99. The highest BCUT2D eigenvalue weighted by Gasteiger charge is 2.22. The van der Waals surface area contributed by atoms with Gasteiger partial charge in [-0.05, 0) is 12.1 Å². The second-order valence-corrected chi connectivity index (χ2v) is 7.16. The Morgan fingerprint density at radius 1 is 1.32 bits per heavy atom. The van der Waals surface area contributed by atoms with Gasteiger partial charge in [-0.25, -0.2) is 9.50 Å². The maximum Gasteiger partial charge on any atom is 0.322 e. The minimum atomic E-state index is -1.20. The number of fused-ring (bicyclic) bond motifs is 2. The molecule has 4 rings (SSSR count). The lowest BCUT2D eigenvalue weighted by molar-refractivity contribution is -0.135. The molecule has 0 atom stereocenters. The number of carbonyl (C=O) groups excluding carboxylic acids is 1. The van der Waals surface area contributed by atoms with Gasteiger partial charge in [-0.15, -0.1) is 0 Å². The van der Waals surface area contributed by atoms with Crippen molar-refractivity contribution in [1.29, 1.82) is 0 Å². The Morgan fingerprint density at radius 2 is 2.14 bits per heavy atom. The van der Waals surface area contributed by atoms with Crippen molar-refractivity contribution in [2.75, 3.05) is 6.54 Å². The molecule has 0 saturated carbocycles. The molecular formula is C17H11ClN4O5S. The van der Waals surface area contributed by atoms with E-state index < -0.39 is 18.4 Å². The number of pyridine rings is 1. The SMILES string of the molecule is O=C(O)CNC(=O)c1c(O)cc(Sc2coc3cc(Cl)ccc23)n2ncnc12. The van der Waals surface area contributed by atoms with Crippen LogP contribution in [0.4, 0.5) is 0 Å². The van der Waals surface area contributed by atoms with Crippen LogP contribution >= 0.6 is 23.4 Å². The van der Waals surface area contributed by atoms with Gasteiger partial charge in [-0.2, -0.15) is 5.10 Å². The topological polar surface area (TPSA) is 130 Å². The van der Waals surface area contributed by atoms with Crippen molar-refractivity contribution in [3.8, 4) is 5.75 Å². The van der Waals surface area contributed by atoms with E-state index in [4.69, 9.17) is 21.1 Å². The zero-order chi connectivity index (χ0) is 19.8. The Balaban J connectivity index is 1.74. The summed E-state index contributed by atoms with van der Waals surface area (Å²) >= 11 is 7.22. The molecule has 11 heteroatoms. The smallest absolute Gasteiger partial charge is 0.322 e. The molecule has 0 unspecified atom stereocenters. The van der Waals surface area contributed by atoms with E-state index in [2.05, 4.69) is 15.4 Å². The van der Waals surface area contributed by atoms with E-state index in [-0.39, 0.29) is 17.0 Å². The number of aliphatic carboxylic acids is 1. The third-order valence-electron chi connectivity index (χ3n) is 3.84. The van der Waals surface area contributed by atoms with E-state index in [9.17, 15) is 14.7 Å². The van der Waals surface area contributed by atoms with Gasteiger partial charge in [-0.1, -0.05) is 23.4 Å². The maximum absolute atomic E-state index is 12.3. The zero-order valence-electron chi connectivity index (χ0n) is 13.9. The van der Waals surface area contributed by atoms with Gasteiger partial charge in [0.25, 0.3) is 5.91 Å². The van der Waals surface area contributed by atoms with Gasteiger partial charge < -0.3 is 19.9 Å². The molecule has 0 radical (unpaired) electrons. The lowest BCUT2D eigenvalue weighted by Crippen LogP contribution is -2.29. The van der Waals surface area contributed by atoms with E-state index in [1.807, 2.05) is 6.07 Å². The van der Waals surface area contributed by atoms with Crippen LogP contribution < -0.4 is 5.32 Å². The molecule has 1 aromatic carbocycles. The summed E-state index contributed by atoms with van der Waals surface area (Å²) in [4.78, 5) is 27.7. The fraction of sp³-hybridized carbons (Fsp3) is 0.0588. The first kappa shape index (κ1) is 18.1. The highest BCUT2D eigenvalue weighted by Crippen LogP contribution is 2.38. The Bertz CT molecular complexity index is 1240. The van der Waals surface area contributed by atoms with Gasteiger partial charge in [-0.3, -0.25) is 9.59 Å². The van der Waals surface area contributed by atoms with Gasteiger partial charge in [0.05, 0.1) is 4.90 Å². The first-order valence-corrected chi connectivity index (χ1v) is 9.04. The van der Waals surface area contributed by atoms with Crippen LogP contribution in [0.25, 0.3) is 16.6 Å². The first-order chi connectivity index (χ1) is 13.4. The predicted molar refractivity (Wildman–Crippen MR) is 100.0 cm³/mol. The average Bonchev–Trinajstić information content (AvgIpc) is 3.27. The third kappa shape index (κ3) is 3.23. The summed E-state index contributed by atoms with van der Waals surface area (Å²) < 4.78 is 6.89. The molecule has 0 fully saturated rings. The van der Waals surface area contributed by atoms with Gasteiger partial charge in [0.15, 0.2) is 5.65 Å². The summed E-state index contributed by atoms with van der Waals surface area (Å²) in [5.74, 6) is -2.32. The van der Waals surface area contributed by atoms with Crippen LogP contribution in [-0.4, -0.2) is 43.2 Å². The summed E-state index contributed by atoms with van der Waals surface area (Å²) in [6.45, 7) is -0.585. The summed E-state index contributed by atoms with van der Waals surface area (Å²) in [6.07, 6.45) is 2.79. The number of aromatic hydroxyl groups is 1. The Labute approximate surface area is 165 Å². The number of hydrogen-bond acceptors (Lipinski definition) is 7. The molecule has 0 aliphatic rings. The molecule has 0 bridgehead atoms. The van der Waals surface area contributed by atoms with E-state index in [0.29, 0.717) is 15.6 Å². The number of aromatic nitrogens is 3. The van der Waals surface area contributed by atoms with Gasteiger partial charge in [0.2, 0.25) is 0 Å². The Hall–Kier alpha value is -3.24. The average molecular weight is 419 g/mol. The summed E-state index contributed by atoms with van der Waals surface area (Å²) in [5.41, 5.74) is 0.548. The summed E-state index contributed by atoms with van der Waals surface area (Å²) in [6, 6.07) is 6.60. The second-order valence-electron chi connectivity index (χ2n) is 5.66. The van der Waals surface area contributed by atoms with Crippen LogP contribution in [0.2, 0.25) is 5.02 Å². The zero-order valence-corrected chi connectivity index (χ0v) is 15.5. The largest absolute Gasteiger partial charge is 0.507 e. The molecule has 1 amide bonds. The molecule has 3 N–H and O–H groups in total. The van der Waals surface area contributed by atoms with Gasteiger partial charge >= 0.3 is 5.97 Å². The van der Waals surface area contributed by atoms with Gasteiger partial charge in [0.1, 0.15) is 41.1 Å². The van der Waals surface area contributed by atoms with Crippen LogP contribution in [0, 0.1) is 0 Å². The van der Waals surface area contributed by atoms with Crippen molar-refractivity contribution in [3.63, 3.8) is 0 Å². The lowest BCUT2D eigenvalue weighted by atomic mass is 10.2. The van der Waals surface area contributed by atoms with Crippen LogP contribution in [0.1, 0.15) is 10.4 Å². The molecule has 142 valence electrons. The number of carboxylic acid groups (broad SMARTS) is 1. The number of nitrogens with zero attached hydrogens (tertiary/aromatic N) is 3. The number of furan rings is 1. The standard InChI is InChI=1S/C17H11ClN4O5S/c18-8-1-2-9-11(3-8)27-6-12(9)28-13-4-10(23)15(16-20-7-21-22(13)16)17(26)19-5-14(24)25/h1-4,6-7,23H,5H2,(H,19,26)(H,24,25). The van der Waals surface area contributed by atoms with Crippen LogP contribution in [-0.2, 0) is 4.79 Å². The summed E-state index contributed by atoms with van der Waals surface area (Å²) in [7, 11) is 0. The number of carboxylic acids is 1. The minimum absolute atomic E-state index is 0.0984. The molecule has 0 spiro atoms. The first-order valence-electron chi connectivity index (χ1n) is 7.84. The number of hydrogen-bond donors (Lipinski definition) is 3. The summed E-state index contributed by atoms with van der Waals surface area (Å²) in [5, 5.41) is 27.2. The molecule has 28 heavy (non-hydrogen) atoms. The van der Waals surface area contributed by atoms with Crippen molar-refractivity contribution < 1.29 is 24.2 Å². The normalized spacial score (nSPS) is 11.2. The van der Waals surface area contributed by atoms with E-state index in [1.165, 1.54) is 28.7 Å². The molecular weight excluding hydrogens is 408 g/mol. The fourth-order valence-electron chi connectivity index (χ4n) is 2.64. The number of halogens is 1. The number of carbonyl (C=O) groups is 2. The molecule has 0 aliphatic heterocycles.